The van der Waals surface area contributed by atoms with Crippen molar-refractivity contribution < 1.29 is 4.74 Å². The first-order chi connectivity index (χ1) is 11.7. The quantitative estimate of drug-likeness (QED) is 0.539. The fourth-order valence-corrected chi connectivity index (χ4v) is 3.10. The van der Waals surface area contributed by atoms with E-state index in [1.165, 1.54) is 0 Å². The molecule has 2 heterocycles. The number of para-hydroxylation sites is 1. The van der Waals surface area contributed by atoms with Crippen molar-refractivity contribution in [1.29, 1.82) is 0 Å². The van der Waals surface area contributed by atoms with Crippen LogP contribution in [0.15, 0.2) is 71.8 Å². The van der Waals surface area contributed by atoms with Crippen LogP contribution in [0.1, 0.15) is 0 Å². The Kier molecular flexibility index (Phi) is 3.58. The van der Waals surface area contributed by atoms with Gasteiger partial charge in [0.25, 0.3) is 0 Å². The summed E-state index contributed by atoms with van der Waals surface area (Å²) in [5.41, 5.74) is 1.90. The zero-order chi connectivity index (χ0) is 16.5. The molecule has 0 amide bonds. The summed E-state index contributed by atoms with van der Waals surface area (Å²) in [5.74, 6) is 0.724. The fourth-order valence-electron chi connectivity index (χ4n) is 3.10. The first kappa shape index (κ1) is 14.6. The molecule has 4 rings (SSSR count). The molecule has 2 aromatic carbocycles. The molecule has 0 radical (unpaired) electrons. The van der Waals surface area contributed by atoms with Crippen molar-refractivity contribution in [3.63, 3.8) is 0 Å². The summed E-state index contributed by atoms with van der Waals surface area (Å²) in [4.78, 5) is 12.8. The minimum atomic E-state index is 0.0505. The van der Waals surface area contributed by atoms with Gasteiger partial charge in [0, 0.05) is 30.2 Å². The van der Waals surface area contributed by atoms with Crippen LogP contribution in [-0.4, -0.2) is 15.7 Å². The third kappa shape index (κ3) is 2.46. The molecule has 0 unspecified atom stereocenters. The van der Waals surface area contributed by atoms with E-state index in [2.05, 4.69) is 9.13 Å². The van der Waals surface area contributed by atoms with Crippen LogP contribution in [0.2, 0.25) is 0 Å². The first-order valence-electron chi connectivity index (χ1n) is 7.99. The molecule has 24 heavy (non-hydrogen) atoms. The van der Waals surface area contributed by atoms with Crippen molar-refractivity contribution in [2.75, 3.05) is 6.61 Å². The molecule has 2 aromatic heterocycles. The van der Waals surface area contributed by atoms with Gasteiger partial charge in [0.05, 0.1) is 17.6 Å². The minimum absolute atomic E-state index is 0.0505. The molecule has 0 aliphatic rings. The Morgan fingerprint density at radius 3 is 2.50 bits per heavy atom. The third-order valence-electron chi connectivity index (χ3n) is 4.37. The summed E-state index contributed by atoms with van der Waals surface area (Å²) in [6.45, 7) is 1.34. The monoisotopic (exact) mass is 318 g/mol. The standard InChI is InChI=1S/C20H18N2O2/c1-21-18-7-3-2-6-16(18)20(23)17-14-15(8-9-19(17)21)24-13-12-22-10-4-5-11-22/h2-11,14H,12-13H2,1H3. The van der Waals surface area contributed by atoms with Crippen LogP contribution in [0, 0.1) is 0 Å². The Labute approximate surface area is 139 Å². The van der Waals surface area contributed by atoms with E-state index in [0.29, 0.717) is 12.0 Å². The van der Waals surface area contributed by atoms with E-state index in [1.807, 2.05) is 74.0 Å². The van der Waals surface area contributed by atoms with Crippen molar-refractivity contribution in [2.45, 2.75) is 6.54 Å². The van der Waals surface area contributed by atoms with Gasteiger partial charge in [-0.25, -0.2) is 0 Å². The van der Waals surface area contributed by atoms with E-state index in [9.17, 15) is 4.79 Å². The molecule has 4 nitrogen and oxygen atoms in total. The van der Waals surface area contributed by atoms with E-state index in [4.69, 9.17) is 4.74 Å². The Balaban J connectivity index is 1.71. The maximum absolute atomic E-state index is 12.8. The Bertz CT molecular complexity index is 1060. The average molecular weight is 318 g/mol. The highest BCUT2D eigenvalue weighted by atomic mass is 16.5. The van der Waals surface area contributed by atoms with Crippen LogP contribution in [0.5, 0.6) is 5.75 Å². The summed E-state index contributed by atoms with van der Waals surface area (Å²) >= 11 is 0. The molecule has 0 fully saturated rings. The third-order valence-corrected chi connectivity index (χ3v) is 4.37. The van der Waals surface area contributed by atoms with Crippen LogP contribution >= 0.6 is 0 Å². The number of aromatic nitrogens is 2. The predicted molar refractivity (Wildman–Crippen MR) is 96.6 cm³/mol. The van der Waals surface area contributed by atoms with Crippen LogP contribution in [0.25, 0.3) is 21.8 Å². The number of hydrogen-bond acceptors (Lipinski definition) is 2. The highest BCUT2D eigenvalue weighted by molar-refractivity contribution is 5.93. The predicted octanol–water partition coefficient (Wildman–Crippen LogP) is 3.57. The molecule has 4 heteroatoms. The van der Waals surface area contributed by atoms with Crippen molar-refractivity contribution in [1.82, 2.24) is 9.13 Å². The maximum Gasteiger partial charge on any atom is 0.197 e. The van der Waals surface area contributed by atoms with Crippen molar-refractivity contribution in [2.24, 2.45) is 7.05 Å². The van der Waals surface area contributed by atoms with Gasteiger partial charge in [0.1, 0.15) is 12.4 Å². The van der Waals surface area contributed by atoms with E-state index in [-0.39, 0.29) is 5.43 Å². The van der Waals surface area contributed by atoms with Crippen molar-refractivity contribution in [3.05, 3.63) is 77.2 Å². The van der Waals surface area contributed by atoms with E-state index in [0.717, 1.165) is 28.7 Å². The number of hydrogen-bond donors (Lipinski definition) is 0. The second-order valence-electron chi connectivity index (χ2n) is 5.85. The molecule has 0 N–H and O–H groups in total. The number of benzene rings is 2. The molecule has 4 aromatic rings. The number of ether oxygens (including phenoxy) is 1. The Morgan fingerprint density at radius 2 is 1.67 bits per heavy atom. The molecule has 120 valence electrons. The number of pyridine rings is 1. The first-order valence-corrected chi connectivity index (χ1v) is 7.99. The van der Waals surface area contributed by atoms with Crippen LogP contribution in [0.3, 0.4) is 0 Å². The van der Waals surface area contributed by atoms with Gasteiger partial charge in [0.2, 0.25) is 0 Å². The lowest BCUT2D eigenvalue weighted by Crippen LogP contribution is -2.10. The highest BCUT2D eigenvalue weighted by Gasteiger charge is 2.09. The van der Waals surface area contributed by atoms with Gasteiger partial charge in [-0.3, -0.25) is 4.79 Å². The fraction of sp³-hybridized carbons (Fsp3) is 0.150. The number of nitrogens with zero attached hydrogens (tertiary/aromatic N) is 2. The number of fused-ring (bicyclic) bond motifs is 2. The summed E-state index contributed by atoms with van der Waals surface area (Å²) < 4.78 is 9.94. The largest absolute Gasteiger partial charge is 0.492 e. The van der Waals surface area contributed by atoms with Gasteiger partial charge < -0.3 is 13.9 Å². The zero-order valence-corrected chi connectivity index (χ0v) is 13.5. The van der Waals surface area contributed by atoms with Crippen LogP contribution in [0.4, 0.5) is 0 Å². The molecule has 0 saturated heterocycles. The van der Waals surface area contributed by atoms with Gasteiger partial charge >= 0.3 is 0 Å². The Hall–Kier alpha value is -3.01. The van der Waals surface area contributed by atoms with E-state index < -0.39 is 0 Å². The summed E-state index contributed by atoms with van der Waals surface area (Å²) in [6.07, 6.45) is 4.01. The number of rotatable bonds is 4. The summed E-state index contributed by atoms with van der Waals surface area (Å²) in [5, 5.41) is 1.42. The highest BCUT2D eigenvalue weighted by Crippen LogP contribution is 2.22. The maximum atomic E-state index is 12.8. The molecular formula is C20H18N2O2. The molecule has 0 aliphatic carbocycles. The average Bonchev–Trinajstić information content (AvgIpc) is 3.13. The van der Waals surface area contributed by atoms with Gasteiger partial charge in [-0.15, -0.1) is 0 Å². The topological polar surface area (TPSA) is 36.2 Å². The Morgan fingerprint density at radius 1 is 0.917 bits per heavy atom. The summed E-state index contributed by atoms with van der Waals surface area (Å²) in [6, 6.07) is 17.4. The lowest BCUT2D eigenvalue weighted by Gasteiger charge is -2.12. The van der Waals surface area contributed by atoms with Gasteiger partial charge in [-0.2, -0.15) is 0 Å². The molecular weight excluding hydrogens is 300 g/mol. The smallest absolute Gasteiger partial charge is 0.197 e. The number of aryl methyl sites for hydroxylation is 1. The van der Waals surface area contributed by atoms with Gasteiger partial charge in [0.15, 0.2) is 5.43 Å². The van der Waals surface area contributed by atoms with E-state index in [1.54, 1.807) is 0 Å². The van der Waals surface area contributed by atoms with Gasteiger partial charge in [-0.05, 0) is 42.5 Å². The molecule has 0 spiro atoms. The second-order valence-corrected chi connectivity index (χ2v) is 5.85. The zero-order valence-electron chi connectivity index (χ0n) is 13.5. The van der Waals surface area contributed by atoms with Crippen LogP contribution < -0.4 is 10.2 Å². The van der Waals surface area contributed by atoms with Crippen LogP contribution in [-0.2, 0) is 13.6 Å². The minimum Gasteiger partial charge on any atom is -0.492 e. The summed E-state index contributed by atoms with van der Waals surface area (Å²) in [7, 11) is 1.98. The SMILES string of the molecule is Cn1c2ccccc2c(=O)c2cc(OCCn3cccc3)ccc21. The van der Waals surface area contributed by atoms with E-state index >= 15 is 0 Å². The second kappa shape index (κ2) is 5.89. The normalized spacial score (nSPS) is 11.2. The van der Waals surface area contributed by atoms with Crippen molar-refractivity contribution >= 4 is 21.8 Å². The molecule has 0 atom stereocenters. The lowest BCUT2D eigenvalue weighted by atomic mass is 10.1. The molecule has 0 aliphatic heterocycles. The lowest BCUT2D eigenvalue weighted by molar-refractivity contribution is 0.299. The van der Waals surface area contributed by atoms with Gasteiger partial charge in [-0.1, -0.05) is 12.1 Å². The molecule has 0 saturated carbocycles. The van der Waals surface area contributed by atoms with Crippen molar-refractivity contribution in [3.8, 4) is 5.75 Å². The molecule has 0 bridgehead atoms.